The van der Waals surface area contributed by atoms with E-state index in [0.717, 1.165) is 11.6 Å². The summed E-state index contributed by atoms with van der Waals surface area (Å²) in [6.45, 7) is 7.15. The lowest BCUT2D eigenvalue weighted by Crippen LogP contribution is -2.15. The molecule has 90 valence electrons. The molecule has 0 spiro atoms. The molecule has 0 N–H and O–H groups in total. The second-order valence-corrected chi connectivity index (χ2v) is 8.25. The molecule has 1 saturated carbocycles. The summed E-state index contributed by atoms with van der Waals surface area (Å²) in [7, 11) is 0.376. The fourth-order valence-electron chi connectivity index (χ4n) is 2.70. The summed E-state index contributed by atoms with van der Waals surface area (Å²) < 4.78 is 0. The topological polar surface area (TPSA) is 0 Å². The average molecular weight is 228 g/mol. The Morgan fingerprint density at radius 3 is 2.33 bits per heavy atom. The van der Waals surface area contributed by atoms with Crippen LogP contribution in [0.1, 0.15) is 65.7 Å². The van der Waals surface area contributed by atoms with Crippen LogP contribution in [0, 0.1) is 5.92 Å². The van der Waals surface area contributed by atoms with Crippen molar-refractivity contribution in [2.75, 3.05) is 12.3 Å². The monoisotopic (exact) mass is 228 g/mol. The molecule has 1 heteroatoms. The van der Waals surface area contributed by atoms with Gasteiger partial charge in [-0.05, 0) is 43.2 Å². The van der Waals surface area contributed by atoms with E-state index in [1.165, 1.54) is 32.1 Å². The molecular weight excluding hydrogens is 199 g/mol. The van der Waals surface area contributed by atoms with Gasteiger partial charge in [-0.15, -0.1) is 7.92 Å². The summed E-state index contributed by atoms with van der Waals surface area (Å²) in [6.07, 6.45) is 13.6. The second-order valence-electron chi connectivity index (χ2n) is 5.53. The van der Waals surface area contributed by atoms with Crippen molar-refractivity contribution in [3.8, 4) is 0 Å². The van der Waals surface area contributed by atoms with E-state index in [2.05, 4.69) is 20.8 Å². The highest BCUT2D eigenvalue weighted by atomic mass is 31.1. The van der Waals surface area contributed by atoms with E-state index >= 15 is 0 Å². The lowest BCUT2D eigenvalue weighted by Gasteiger charge is -2.32. The summed E-state index contributed by atoms with van der Waals surface area (Å²) in [5.74, 6) is 0.926. The predicted octanol–water partition coefficient (Wildman–Crippen LogP) is 5.26. The van der Waals surface area contributed by atoms with Gasteiger partial charge < -0.3 is 0 Å². The minimum absolute atomic E-state index is 0.376. The Bertz CT molecular complexity index is 147. The third-order valence-electron chi connectivity index (χ3n) is 3.49. The molecule has 0 aromatic carbocycles. The normalized spacial score (nSPS) is 20.8. The lowest BCUT2D eigenvalue weighted by atomic mass is 10.0. The van der Waals surface area contributed by atoms with Crippen molar-refractivity contribution in [2.45, 2.75) is 71.4 Å². The second kappa shape index (κ2) is 7.66. The van der Waals surface area contributed by atoms with E-state index in [0.29, 0.717) is 7.92 Å². The van der Waals surface area contributed by atoms with Crippen molar-refractivity contribution in [3.63, 3.8) is 0 Å². The third kappa shape index (κ3) is 5.34. The fourth-order valence-corrected chi connectivity index (χ4v) is 6.30. The van der Waals surface area contributed by atoms with Crippen LogP contribution >= 0.6 is 7.92 Å². The van der Waals surface area contributed by atoms with Gasteiger partial charge in [-0.2, -0.15) is 0 Å². The van der Waals surface area contributed by atoms with Crippen molar-refractivity contribution in [1.29, 1.82) is 0 Å². The van der Waals surface area contributed by atoms with Crippen molar-refractivity contribution in [1.82, 2.24) is 0 Å². The van der Waals surface area contributed by atoms with Crippen LogP contribution in [0.5, 0.6) is 0 Å². The molecule has 1 unspecified atom stereocenters. The van der Waals surface area contributed by atoms with Gasteiger partial charge in [0.2, 0.25) is 0 Å². The zero-order valence-electron chi connectivity index (χ0n) is 11.0. The Balaban J connectivity index is 2.37. The molecule has 0 aromatic heterocycles. The molecule has 0 bridgehead atoms. The first-order valence-corrected chi connectivity index (χ1v) is 8.76. The summed E-state index contributed by atoms with van der Waals surface area (Å²) >= 11 is 0. The van der Waals surface area contributed by atoms with Crippen LogP contribution in [0.4, 0.5) is 0 Å². The Hall–Kier alpha value is 0.430. The minimum atomic E-state index is 0.376. The summed E-state index contributed by atoms with van der Waals surface area (Å²) in [5, 5.41) is 0. The Morgan fingerprint density at radius 1 is 1.13 bits per heavy atom. The third-order valence-corrected chi connectivity index (χ3v) is 7.13. The molecule has 1 rings (SSSR count). The average Bonchev–Trinajstić information content (AvgIpc) is 2.25. The molecule has 1 atom stereocenters. The zero-order valence-corrected chi connectivity index (χ0v) is 11.9. The van der Waals surface area contributed by atoms with Crippen LogP contribution in [0.3, 0.4) is 0 Å². The van der Waals surface area contributed by atoms with Crippen LogP contribution in [-0.2, 0) is 0 Å². The quantitative estimate of drug-likeness (QED) is 0.544. The maximum absolute atomic E-state index is 2.41. The largest absolute Gasteiger partial charge is 0.103 e. The van der Waals surface area contributed by atoms with E-state index in [1.807, 2.05) is 0 Å². The Morgan fingerprint density at radius 2 is 1.80 bits per heavy atom. The fraction of sp³-hybridized carbons (Fsp3) is 1.00. The number of rotatable bonds is 6. The predicted molar refractivity (Wildman–Crippen MR) is 73.3 cm³/mol. The molecule has 1 fully saturated rings. The van der Waals surface area contributed by atoms with E-state index in [9.17, 15) is 0 Å². The van der Waals surface area contributed by atoms with Crippen LogP contribution in [-0.4, -0.2) is 18.0 Å². The molecule has 15 heavy (non-hydrogen) atoms. The van der Waals surface area contributed by atoms with Crippen LogP contribution in [0.2, 0.25) is 0 Å². The summed E-state index contributed by atoms with van der Waals surface area (Å²) in [5.41, 5.74) is 1.14. The minimum Gasteiger partial charge on any atom is -0.103 e. The number of hydrogen-bond acceptors (Lipinski definition) is 0. The molecular formula is C14H29P. The van der Waals surface area contributed by atoms with Crippen molar-refractivity contribution < 1.29 is 0 Å². The van der Waals surface area contributed by atoms with Gasteiger partial charge in [0.05, 0.1) is 0 Å². The van der Waals surface area contributed by atoms with E-state index in [1.54, 1.807) is 25.2 Å². The van der Waals surface area contributed by atoms with Gasteiger partial charge in [0.1, 0.15) is 0 Å². The SMILES string of the molecule is CCCCP(CC(C)C)C1CCCCC1. The van der Waals surface area contributed by atoms with Crippen LogP contribution in [0.25, 0.3) is 0 Å². The highest BCUT2D eigenvalue weighted by Gasteiger charge is 2.22. The molecule has 0 aromatic rings. The molecule has 0 nitrogen and oxygen atoms in total. The molecule has 0 radical (unpaired) electrons. The highest BCUT2D eigenvalue weighted by molar-refractivity contribution is 7.58. The van der Waals surface area contributed by atoms with Gasteiger partial charge in [-0.3, -0.25) is 0 Å². The van der Waals surface area contributed by atoms with Gasteiger partial charge in [0.15, 0.2) is 0 Å². The first-order chi connectivity index (χ1) is 7.24. The maximum atomic E-state index is 2.41. The van der Waals surface area contributed by atoms with E-state index in [-0.39, 0.29) is 0 Å². The number of unbranched alkanes of at least 4 members (excludes halogenated alkanes) is 1. The van der Waals surface area contributed by atoms with Gasteiger partial charge in [0, 0.05) is 0 Å². The van der Waals surface area contributed by atoms with Gasteiger partial charge in [0.25, 0.3) is 0 Å². The lowest BCUT2D eigenvalue weighted by molar-refractivity contribution is 0.508. The highest BCUT2D eigenvalue weighted by Crippen LogP contribution is 2.49. The van der Waals surface area contributed by atoms with Gasteiger partial charge in [-0.25, -0.2) is 0 Å². The van der Waals surface area contributed by atoms with E-state index in [4.69, 9.17) is 0 Å². The van der Waals surface area contributed by atoms with Gasteiger partial charge in [-0.1, -0.05) is 46.5 Å². The standard InChI is InChI=1S/C14H29P/c1-4-5-11-15(12-13(2)3)14-9-7-6-8-10-14/h13-14H,4-12H2,1-3H3. The first kappa shape index (κ1) is 13.5. The Kier molecular flexibility index (Phi) is 6.89. The molecule has 0 saturated heterocycles. The maximum Gasteiger partial charge on any atom is -0.0209 e. The summed E-state index contributed by atoms with van der Waals surface area (Å²) in [6, 6.07) is 0. The van der Waals surface area contributed by atoms with Crippen molar-refractivity contribution in [2.24, 2.45) is 5.92 Å². The van der Waals surface area contributed by atoms with Crippen LogP contribution in [0.15, 0.2) is 0 Å². The number of hydrogen-bond donors (Lipinski definition) is 0. The molecule has 0 amide bonds. The zero-order chi connectivity index (χ0) is 11.1. The molecule has 1 aliphatic rings. The van der Waals surface area contributed by atoms with Crippen molar-refractivity contribution in [3.05, 3.63) is 0 Å². The van der Waals surface area contributed by atoms with E-state index < -0.39 is 0 Å². The van der Waals surface area contributed by atoms with Crippen molar-refractivity contribution >= 4 is 7.92 Å². The Labute approximate surface area is 98.0 Å². The van der Waals surface area contributed by atoms with Crippen LogP contribution < -0.4 is 0 Å². The van der Waals surface area contributed by atoms with Gasteiger partial charge >= 0.3 is 0 Å². The smallest absolute Gasteiger partial charge is 0.0209 e. The molecule has 0 aliphatic heterocycles. The molecule has 0 heterocycles. The summed E-state index contributed by atoms with van der Waals surface area (Å²) in [4.78, 5) is 0. The molecule has 1 aliphatic carbocycles. The first-order valence-electron chi connectivity index (χ1n) is 6.98.